The molecular weight excluding hydrogens is 214 g/mol. The summed E-state index contributed by atoms with van der Waals surface area (Å²) in [6.45, 7) is 3.80. The van der Waals surface area contributed by atoms with Crippen molar-refractivity contribution in [2.75, 3.05) is 32.5 Å². The van der Waals surface area contributed by atoms with Gasteiger partial charge in [-0.2, -0.15) is 0 Å². The number of hydrogen-bond acceptors (Lipinski definition) is 4. The molecule has 2 N–H and O–H groups in total. The van der Waals surface area contributed by atoms with Gasteiger partial charge in [0.15, 0.2) is 0 Å². The molecule has 1 aromatic rings. The highest BCUT2D eigenvalue weighted by Gasteiger charge is 2.15. The SMILES string of the molecule is CN(Cc1cccc(N)n1)CC1CCOCC1. The molecule has 0 atom stereocenters. The van der Waals surface area contributed by atoms with Gasteiger partial charge < -0.3 is 15.4 Å². The van der Waals surface area contributed by atoms with E-state index >= 15 is 0 Å². The normalized spacial score (nSPS) is 17.5. The molecule has 4 heteroatoms. The molecule has 0 amide bonds. The molecule has 0 spiro atoms. The molecule has 0 radical (unpaired) electrons. The van der Waals surface area contributed by atoms with E-state index in [9.17, 15) is 0 Å². The first-order chi connectivity index (χ1) is 8.24. The van der Waals surface area contributed by atoms with E-state index in [4.69, 9.17) is 10.5 Å². The molecule has 0 aromatic carbocycles. The van der Waals surface area contributed by atoms with Crippen molar-refractivity contribution in [1.29, 1.82) is 0 Å². The van der Waals surface area contributed by atoms with Crippen LogP contribution in [0.5, 0.6) is 0 Å². The number of nitrogens with zero attached hydrogens (tertiary/aromatic N) is 2. The van der Waals surface area contributed by atoms with E-state index in [1.54, 1.807) is 0 Å². The highest BCUT2D eigenvalue weighted by molar-refractivity contribution is 5.28. The Morgan fingerprint density at radius 1 is 1.41 bits per heavy atom. The second-order valence-electron chi connectivity index (χ2n) is 4.81. The Morgan fingerprint density at radius 3 is 2.88 bits per heavy atom. The van der Waals surface area contributed by atoms with Crippen LogP contribution in [0.4, 0.5) is 5.82 Å². The number of anilines is 1. The van der Waals surface area contributed by atoms with E-state index in [1.807, 2.05) is 18.2 Å². The van der Waals surface area contributed by atoms with Gasteiger partial charge in [-0.1, -0.05) is 6.07 Å². The zero-order valence-electron chi connectivity index (χ0n) is 10.4. The fourth-order valence-corrected chi connectivity index (χ4v) is 2.30. The molecule has 2 rings (SSSR count). The number of hydrogen-bond donors (Lipinski definition) is 1. The molecule has 1 aliphatic rings. The maximum atomic E-state index is 5.67. The summed E-state index contributed by atoms with van der Waals surface area (Å²) in [5, 5.41) is 0. The quantitative estimate of drug-likeness (QED) is 0.859. The van der Waals surface area contributed by atoms with Crippen molar-refractivity contribution in [2.24, 2.45) is 5.92 Å². The molecule has 17 heavy (non-hydrogen) atoms. The number of nitrogen functional groups attached to an aromatic ring is 1. The molecule has 1 aliphatic heterocycles. The van der Waals surface area contributed by atoms with E-state index in [1.165, 1.54) is 12.8 Å². The van der Waals surface area contributed by atoms with Crippen molar-refractivity contribution in [1.82, 2.24) is 9.88 Å². The molecule has 1 saturated heterocycles. The van der Waals surface area contributed by atoms with Gasteiger partial charge in [-0.25, -0.2) is 4.98 Å². The van der Waals surface area contributed by atoms with Crippen LogP contribution in [0.1, 0.15) is 18.5 Å². The van der Waals surface area contributed by atoms with Crippen molar-refractivity contribution in [3.8, 4) is 0 Å². The standard InChI is InChI=1S/C13H21N3O/c1-16(9-11-5-7-17-8-6-11)10-12-3-2-4-13(14)15-12/h2-4,11H,5-10H2,1H3,(H2,14,15). The van der Waals surface area contributed by atoms with Crippen LogP contribution in [0, 0.1) is 5.92 Å². The average molecular weight is 235 g/mol. The van der Waals surface area contributed by atoms with Crippen LogP contribution in [0.2, 0.25) is 0 Å². The minimum absolute atomic E-state index is 0.599. The van der Waals surface area contributed by atoms with Crippen molar-refractivity contribution < 1.29 is 4.74 Å². The summed E-state index contributed by atoms with van der Waals surface area (Å²) in [6.07, 6.45) is 2.35. The molecule has 0 saturated carbocycles. The van der Waals surface area contributed by atoms with Gasteiger partial charge in [0.05, 0.1) is 5.69 Å². The minimum atomic E-state index is 0.599. The summed E-state index contributed by atoms with van der Waals surface area (Å²) < 4.78 is 5.37. The van der Waals surface area contributed by atoms with Crippen LogP contribution in [0.3, 0.4) is 0 Å². The first-order valence-corrected chi connectivity index (χ1v) is 6.22. The molecule has 0 aliphatic carbocycles. The molecule has 94 valence electrons. The summed E-state index contributed by atoms with van der Waals surface area (Å²) >= 11 is 0. The molecular formula is C13H21N3O. The van der Waals surface area contributed by atoms with Gasteiger partial charge in [0.1, 0.15) is 5.82 Å². The Hall–Kier alpha value is -1.13. The van der Waals surface area contributed by atoms with Gasteiger partial charge in [-0.15, -0.1) is 0 Å². The minimum Gasteiger partial charge on any atom is -0.384 e. The van der Waals surface area contributed by atoms with Crippen LogP contribution in [-0.2, 0) is 11.3 Å². The van der Waals surface area contributed by atoms with Gasteiger partial charge in [0.2, 0.25) is 0 Å². The van der Waals surface area contributed by atoms with Crippen molar-refractivity contribution in [3.05, 3.63) is 23.9 Å². The van der Waals surface area contributed by atoms with E-state index in [-0.39, 0.29) is 0 Å². The van der Waals surface area contributed by atoms with Crippen LogP contribution >= 0.6 is 0 Å². The smallest absolute Gasteiger partial charge is 0.123 e. The Labute approximate surface area is 103 Å². The lowest BCUT2D eigenvalue weighted by atomic mass is 10.00. The third kappa shape index (κ3) is 3.98. The van der Waals surface area contributed by atoms with Crippen LogP contribution in [0.25, 0.3) is 0 Å². The predicted octanol–water partition coefficient (Wildman–Crippen LogP) is 1.52. The summed E-state index contributed by atoms with van der Waals surface area (Å²) in [5.41, 5.74) is 6.71. The van der Waals surface area contributed by atoms with Crippen LogP contribution in [-0.4, -0.2) is 36.7 Å². The Kier molecular flexibility index (Phi) is 4.34. The third-order valence-electron chi connectivity index (χ3n) is 3.17. The van der Waals surface area contributed by atoms with Crippen molar-refractivity contribution in [2.45, 2.75) is 19.4 Å². The van der Waals surface area contributed by atoms with Crippen molar-refractivity contribution >= 4 is 5.82 Å². The zero-order valence-corrected chi connectivity index (χ0v) is 10.4. The van der Waals surface area contributed by atoms with Crippen LogP contribution < -0.4 is 5.73 Å². The Morgan fingerprint density at radius 2 is 2.18 bits per heavy atom. The average Bonchev–Trinajstić information content (AvgIpc) is 2.30. The summed E-state index contributed by atoms with van der Waals surface area (Å²) in [7, 11) is 2.14. The van der Waals surface area contributed by atoms with Crippen LogP contribution in [0.15, 0.2) is 18.2 Å². The van der Waals surface area contributed by atoms with E-state index < -0.39 is 0 Å². The topological polar surface area (TPSA) is 51.4 Å². The van der Waals surface area contributed by atoms with Crippen molar-refractivity contribution in [3.63, 3.8) is 0 Å². The summed E-state index contributed by atoms with van der Waals surface area (Å²) in [5.74, 6) is 1.36. The Bertz CT molecular complexity index is 350. The largest absolute Gasteiger partial charge is 0.384 e. The van der Waals surface area contributed by atoms with Gasteiger partial charge >= 0.3 is 0 Å². The van der Waals surface area contributed by atoms with E-state index in [0.29, 0.717) is 5.82 Å². The third-order valence-corrected chi connectivity index (χ3v) is 3.17. The van der Waals surface area contributed by atoms with Gasteiger partial charge in [-0.3, -0.25) is 0 Å². The second-order valence-corrected chi connectivity index (χ2v) is 4.81. The highest BCUT2D eigenvalue weighted by atomic mass is 16.5. The first kappa shape index (κ1) is 12.3. The lowest BCUT2D eigenvalue weighted by Crippen LogP contribution is -2.29. The number of nitrogens with two attached hydrogens (primary N) is 1. The van der Waals surface area contributed by atoms with Gasteiger partial charge in [0, 0.05) is 26.3 Å². The molecule has 4 nitrogen and oxygen atoms in total. The van der Waals surface area contributed by atoms with E-state index in [2.05, 4.69) is 16.9 Å². The Balaban J connectivity index is 1.82. The summed E-state index contributed by atoms with van der Waals surface area (Å²) in [6, 6.07) is 5.80. The van der Waals surface area contributed by atoms with Gasteiger partial charge in [0.25, 0.3) is 0 Å². The predicted molar refractivity (Wildman–Crippen MR) is 68.5 cm³/mol. The first-order valence-electron chi connectivity index (χ1n) is 6.22. The maximum Gasteiger partial charge on any atom is 0.123 e. The monoisotopic (exact) mass is 235 g/mol. The number of rotatable bonds is 4. The molecule has 1 aromatic heterocycles. The highest BCUT2D eigenvalue weighted by Crippen LogP contribution is 2.16. The molecule has 0 unspecified atom stereocenters. The summed E-state index contributed by atoms with van der Waals surface area (Å²) in [4.78, 5) is 6.63. The fourth-order valence-electron chi connectivity index (χ4n) is 2.30. The number of ether oxygens (including phenoxy) is 1. The zero-order chi connectivity index (χ0) is 12.1. The molecule has 2 heterocycles. The number of pyridine rings is 1. The molecule has 1 fully saturated rings. The fraction of sp³-hybridized carbons (Fsp3) is 0.615. The second kappa shape index (κ2) is 5.98. The maximum absolute atomic E-state index is 5.67. The lowest BCUT2D eigenvalue weighted by Gasteiger charge is -2.26. The lowest BCUT2D eigenvalue weighted by molar-refractivity contribution is 0.0548. The molecule has 0 bridgehead atoms. The number of aromatic nitrogens is 1. The van der Waals surface area contributed by atoms with E-state index in [0.717, 1.165) is 37.9 Å². The van der Waals surface area contributed by atoms with Gasteiger partial charge in [-0.05, 0) is 37.9 Å².